The number of carbonyl (C=O) groups excluding carboxylic acids is 2. The van der Waals surface area contributed by atoms with Crippen molar-refractivity contribution in [1.82, 2.24) is 4.90 Å². The lowest BCUT2D eigenvalue weighted by Gasteiger charge is -2.33. The monoisotopic (exact) mass is 290 g/mol. The van der Waals surface area contributed by atoms with Crippen LogP contribution in [0.5, 0.6) is 0 Å². The summed E-state index contributed by atoms with van der Waals surface area (Å²) >= 11 is 1.30. The SMILES string of the molecule is CC1CCN(C(=O)CN2CCSC2=O)c2ccccc21. The van der Waals surface area contributed by atoms with Gasteiger partial charge in [-0.2, -0.15) is 0 Å². The van der Waals surface area contributed by atoms with E-state index in [2.05, 4.69) is 13.0 Å². The van der Waals surface area contributed by atoms with Crippen molar-refractivity contribution in [2.45, 2.75) is 19.3 Å². The molecule has 2 aliphatic rings. The highest BCUT2D eigenvalue weighted by Crippen LogP contribution is 2.34. The zero-order chi connectivity index (χ0) is 14.1. The molecule has 0 N–H and O–H groups in total. The van der Waals surface area contributed by atoms with Crippen molar-refractivity contribution in [2.75, 3.05) is 30.3 Å². The van der Waals surface area contributed by atoms with Gasteiger partial charge >= 0.3 is 0 Å². The number of thioether (sulfide) groups is 1. The van der Waals surface area contributed by atoms with Gasteiger partial charge in [-0.05, 0) is 24.0 Å². The second-order valence-corrected chi connectivity index (χ2v) is 6.38. The third-order valence-corrected chi connectivity index (χ3v) is 4.91. The van der Waals surface area contributed by atoms with Gasteiger partial charge in [0.1, 0.15) is 6.54 Å². The summed E-state index contributed by atoms with van der Waals surface area (Å²) in [5.74, 6) is 1.30. The van der Waals surface area contributed by atoms with E-state index in [1.54, 1.807) is 4.90 Å². The van der Waals surface area contributed by atoms with Gasteiger partial charge in [0, 0.05) is 24.5 Å². The normalized spacial score (nSPS) is 22.1. The number of hydrogen-bond donors (Lipinski definition) is 0. The van der Waals surface area contributed by atoms with Gasteiger partial charge in [0.2, 0.25) is 5.91 Å². The van der Waals surface area contributed by atoms with Gasteiger partial charge < -0.3 is 9.80 Å². The van der Waals surface area contributed by atoms with Gasteiger partial charge in [0.25, 0.3) is 5.24 Å². The fourth-order valence-electron chi connectivity index (χ4n) is 2.83. The molecule has 20 heavy (non-hydrogen) atoms. The maximum atomic E-state index is 12.5. The molecule has 5 heteroatoms. The first-order chi connectivity index (χ1) is 9.66. The fourth-order valence-corrected chi connectivity index (χ4v) is 3.65. The zero-order valence-electron chi connectivity index (χ0n) is 11.5. The minimum absolute atomic E-state index is 0.0250. The maximum Gasteiger partial charge on any atom is 0.282 e. The van der Waals surface area contributed by atoms with Crippen LogP contribution in [0, 0.1) is 0 Å². The molecule has 2 aliphatic heterocycles. The molecule has 0 saturated carbocycles. The van der Waals surface area contributed by atoms with Crippen molar-refractivity contribution >= 4 is 28.6 Å². The first-order valence-corrected chi connectivity index (χ1v) is 7.96. The summed E-state index contributed by atoms with van der Waals surface area (Å²) < 4.78 is 0. The lowest BCUT2D eigenvalue weighted by Crippen LogP contribution is -2.43. The number of amides is 2. The molecule has 1 unspecified atom stereocenters. The number of fused-ring (bicyclic) bond motifs is 1. The molecule has 4 nitrogen and oxygen atoms in total. The number of carbonyl (C=O) groups is 2. The molecule has 0 spiro atoms. The van der Waals surface area contributed by atoms with Crippen molar-refractivity contribution in [3.63, 3.8) is 0 Å². The second-order valence-electron chi connectivity index (χ2n) is 5.33. The van der Waals surface area contributed by atoms with Crippen LogP contribution in [0.15, 0.2) is 24.3 Å². The molecule has 0 radical (unpaired) electrons. The average molecular weight is 290 g/mol. The number of nitrogens with zero attached hydrogens (tertiary/aromatic N) is 2. The van der Waals surface area contributed by atoms with E-state index in [9.17, 15) is 9.59 Å². The largest absolute Gasteiger partial charge is 0.323 e. The number of benzene rings is 1. The van der Waals surface area contributed by atoms with Gasteiger partial charge in [-0.25, -0.2) is 0 Å². The van der Waals surface area contributed by atoms with Crippen LogP contribution in [0.2, 0.25) is 0 Å². The maximum absolute atomic E-state index is 12.5. The molecule has 1 aromatic rings. The van der Waals surface area contributed by atoms with Crippen LogP contribution >= 0.6 is 11.8 Å². The number of anilines is 1. The highest BCUT2D eigenvalue weighted by Gasteiger charge is 2.29. The Kier molecular flexibility index (Phi) is 3.70. The Morgan fingerprint density at radius 3 is 2.90 bits per heavy atom. The zero-order valence-corrected chi connectivity index (χ0v) is 12.4. The average Bonchev–Trinajstić information content (AvgIpc) is 2.85. The summed E-state index contributed by atoms with van der Waals surface area (Å²) in [5.41, 5.74) is 2.24. The molecule has 3 rings (SSSR count). The van der Waals surface area contributed by atoms with E-state index in [-0.39, 0.29) is 17.7 Å². The van der Waals surface area contributed by atoms with Crippen LogP contribution in [-0.4, -0.2) is 41.4 Å². The van der Waals surface area contributed by atoms with Gasteiger partial charge in [0.15, 0.2) is 0 Å². The molecule has 2 amide bonds. The van der Waals surface area contributed by atoms with Crippen LogP contribution < -0.4 is 4.90 Å². The predicted octanol–water partition coefficient (Wildman–Crippen LogP) is 2.70. The van der Waals surface area contributed by atoms with E-state index < -0.39 is 0 Å². The van der Waals surface area contributed by atoms with Crippen molar-refractivity contribution in [3.8, 4) is 0 Å². The summed E-state index contributed by atoms with van der Waals surface area (Å²) in [4.78, 5) is 27.6. The van der Waals surface area contributed by atoms with E-state index in [4.69, 9.17) is 0 Å². The Hall–Kier alpha value is -1.49. The Morgan fingerprint density at radius 1 is 1.35 bits per heavy atom. The Balaban J connectivity index is 1.79. The molecular formula is C15H18N2O2S. The Bertz CT molecular complexity index is 546. The summed E-state index contributed by atoms with van der Waals surface area (Å²) in [5, 5.41) is 0.0250. The third kappa shape index (κ3) is 2.42. The highest BCUT2D eigenvalue weighted by molar-refractivity contribution is 8.13. The summed E-state index contributed by atoms with van der Waals surface area (Å²) in [6.45, 7) is 3.82. The highest BCUT2D eigenvalue weighted by atomic mass is 32.2. The van der Waals surface area contributed by atoms with E-state index in [1.165, 1.54) is 17.3 Å². The molecule has 1 aromatic carbocycles. The molecule has 0 bridgehead atoms. The van der Waals surface area contributed by atoms with Crippen LogP contribution in [0.3, 0.4) is 0 Å². The third-order valence-electron chi connectivity index (χ3n) is 4.02. The molecule has 0 aromatic heterocycles. The minimum Gasteiger partial charge on any atom is -0.323 e. The minimum atomic E-state index is 0.0250. The molecule has 1 saturated heterocycles. The standard InChI is InChI=1S/C15H18N2O2S/c1-11-6-7-17(13-5-3-2-4-12(11)13)14(18)10-16-8-9-20-15(16)19/h2-5,11H,6-10H2,1H3. The molecule has 0 aliphatic carbocycles. The molecule has 2 heterocycles. The summed E-state index contributed by atoms with van der Waals surface area (Å²) in [6, 6.07) is 8.08. The van der Waals surface area contributed by atoms with Crippen LogP contribution in [-0.2, 0) is 4.79 Å². The van der Waals surface area contributed by atoms with E-state index in [0.29, 0.717) is 12.5 Å². The van der Waals surface area contributed by atoms with Gasteiger partial charge in [-0.3, -0.25) is 9.59 Å². The van der Waals surface area contributed by atoms with Gasteiger partial charge in [-0.1, -0.05) is 36.9 Å². The molecule has 106 valence electrons. The van der Waals surface area contributed by atoms with Crippen LogP contribution in [0.1, 0.15) is 24.8 Å². The molecule has 1 atom stereocenters. The smallest absolute Gasteiger partial charge is 0.282 e. The van der Waals surface area contributed by atoms with E-state index in [0.717, 1.165) is 24.4 Å². The second kappa shape index (κ2) is 5.48. The van der Waals surface area contributed by atoms with E-state index in [1.807, 2.05) is 23.1 Å². The fraction of sp³-hybridized carbons (Fsp3) is 0.467. The van der Waals surface area contributed by atoms with Crippen LogP contribution in [0.25, 0.3) is 0 Å². The van der Waals surface area contributed by atoms with Crippen molar-refractivity contribution in [1.29, 1.82) is 0 Å². The van der Waals surface area contributed by atoms with E-state index >= 15 is 0 Å². The predicted molar refractivity (Wildman–Crippen MR) is 81.3 cm³/mol. The van der Waals surface area contributed by atoms with Gasteiger partial charge in [-0.15, -0.1) is 0 Å². The number of hydrogen-bond acceptors (Lipinski definition) is 3. The molecule has 1 fully saturated rings. The lowest BCUT2D eigenvalue weighted by atomic mass is 9.91. The quantitative estimate of drug-likeness (QED) is 0.841. The van der Waals surface area contributed by atoms with Crippen molar-refractivity contribution < 1.29 is 9.59 Å². The number of rotatable bonds is 2. The Labute approximate surface area is 123 Å². The van der Waals surface area contributed by atoms with Crippen molar-refractivity contribution in [3.05, 3.63) is 29.8 Å². The summed E-state index contributed by atoms with van der Waals surface area (Å²) in [7, 11) is 0. The Morgan fingerprint density at radius 2 is 2.15 bits per heavy atom. The first kappa shape index (κ1) is 13.5. The summed E-state index contributed by atoms with van der Waals surface area (Å²) in [6.07, 6.45) is 0.978. The van der Waals surface area contributed by atoms with Gasteiger partial charge in [0.05, 0.1) is 0 Å². The van der Waals surface area contributed by atoms with Crippen LogP contribution in [0.4, 0.5) is 10.5 Å². The first-order valence-electron chi connectivity index (χ1n) is 6.98. The lowest BCUT2D eigenvalue weighted by molar-refractivity contribution is -0.119. The van der Waals surface area contributed by atoms with Crippen molar-refractivity contribution in [2.24, 2.45) is 0 Å². The topological polar surface area (TPSA) is 40.6 Å². The number of para-hydroxylation sites is 1. The molecular weight excluding hydrogens is 272 g/mol.